The number of hydrogen-bond acceptors (Lipinski definition) is 4. The second-order valence-electron chi connectivity index (χ2n) is 3.83. The molecule has 5 nitrogen and oxygen atoms in total. The Hall–Kier alpha value is -1.65. The normalized spacial score (nSPS) is 9.88. The summed E-state index contributed by atoms with van der Waals surface area (Å²) < 4.78 is 6.60. The van der Waals surface area contributed by atoms with Gasteiger partial charge in [0.1, 0.15) is 5.76 Å². The van der Waals surface area contributed by atoms with Crippen LogP contribution in [-0.2, 0) is 7.05 Å². The maximum absolute atomic E-state index is 4.84. The molecule has 0 radical (unpaired) electrons. The lowest BCUT2D eigenvalue weighted by atomic mass is 10.2. The van der Waals surface area contributed by atoms with E-state index in [0.29, 0.717) is 0 Å². The zero-order valence-corrected chi connectivity index (χ0v) is 10.7. The van der Waals surface area contributed by atoms with Gasteiger partial charge in [-0.1, -0.05) is 10.4 Å². The van der Waals surface area contributed by atoms with Crippen LogP contribution in [-0.4, -0.2) is 20.2 Å². The summed E-state index contributed by atoms with van der Waals surface area (Å²) >= 11 is 0. The first-order valence-electron chi connectivity index (χ1n) is 5.15. The molecular weight excluding hydrogens is 204 g/mol. The Morgan fingerprint density at radius 2 is 1.62 bits per heavy atom. The molecule has 0 atom stereocenters. The van der Waals surface area contributed by atoms with Crippen LogP contribution >= 0.6 is 0 Å². The van der Waals surface area contributed by atoms with E-state index in [1.54, 1.807) is 4.68 Å². The summed E-state index contributed by atoms with van der Waals surface area (Å²) in [7, 11) is 1.88. The standard InChI is InChI=1S/C6H9NO.C5H9N3/c1-4-5(2)7-8-6(4)3;1-4-5(2)8(3)7-6-4/h2*1-3H3. The SMILES string of the molecule is Cc1nnn(C)c1C.Cc1noc(C)c1C. The molecule has 88 valence electrons. The quantitative estimate of drug-likeness (QED) is 0.684. The number of aryl methyl sites for hydroxylation is 4. The summed E-state index contributed by atoms with van der Waals surface area (Å²) in [5, 5.41) is 11.4. The average Bonchev–Trinajstić information content (AvgIpc) is 2.70. The third-order valence-electron chi connectivity index (χ3n) is 2.73. The zero-order chi connectivity index (χ0) is 12.3. The van der Waals surface area contributed by atoms with Crippen molar-refractivity contribution in [2.24, 2.45) is 7.05 Å². The average molecular weight is 222 g/mol. The highest BCUT2D eigenvalue weighted by Gasteiger charge is 1.99. The van der Waals surface area contributed by atoms with Crippen LogP contribution in [0.1, 0.15) is 28.4 Å². The molecule has 2 aromatic rings. The van der Waals surface area contributed by atoms with Gasteiger partial charge in [-0.3, -0.25) is 4.68 Å². The van der Waals surface area contributed by atoms with Crippen molar-refractivity contribution >= 4 is 0 Å². The fraction of sp³-hybridized carbons (Fsp3) is 0.545. The van der Waals surface area contributed by atoms with E-state index in [1.165, 1.54) is 0 Å². The Kier molecular flexibility index (Phi) is 3.82. The molecule has 2 rings (SSSR count). The Labute approximate surface area is 95.4 Å². The first kappa shape index (κ1) is 12.4. The Morgan fingerprint density at radius 3 is 1.75 bits per heavy atom. The molecular formula is C11H18N4O. The maximum Gasteiger partial charge on any atom is 0.136 e. The number of hydrogen-bond donors (Lipinski definition) is 0. The van der Waals surface area contributed by atoms with Crippen molar-refractivity contribution in [3.05, 3.63) is 28.4 Å². The molecule has 0 unspecified atom stereocenters. The van der Waals surface area contributed by atoms with Gasteiger partial charge >= 0.3 is 0 Å². The van der Waals surface area contributed by atoms with E-state index in [0.717, 1.165) is 28.4 Å². The van der Waals surface area contributed by atoms with Gasteiger partial charge in [-0.2, -0.15) is 0 Å². The zero-order valence-electron chi connectivity index (χ0n) is 10.7. The molecule has 0 aliphatic rings. The third kappa shape index (κ3) is 2.68. The van der Waals surface area contributed by atoms with Crippen molar-refractivity contribution in [1.82, 2.24) is 20.2 Å². The molecule has 0 saturated heterocycles. The molecule has 0 N–H and O–H groups in total. The van der Waals surface area contributed by atoms with Gasteiger partial charge in [0.2, 0.25) is 0 Å². The van der Waals surface area contributed by atoms with E-state index >= 15 is 0 Å². The van der Waals surface area contributed by atoms with E-state index in [4.69, 9.17) is 4.52 Å². The van der Waals surface area contributed by atoms with Crippen LogP contribution < -0.4 is 0 Å². The smallest absolute Gasteiger partial charge is 0.136 e. The van der Waals surface area contributed by atoms with Gasteiger partial charge in [0.05, 0.1) is 17.1 Å². The molecule has 0 aliphatic heterocycles. The van der Waals surface area contributed by atoms with Gasteiger partial charge in [-0.25, -0.2) is 0 Å². The summed E-state index contributed by atoms with van der Waals surface area (Å²) in [6.07, 6.45) is 0. The fourth-order valence-electron chi connectivity index (χ4n) is 1.04. The maximum atomic E-state index is 4.84. The first-order valence-corrected chi connectivity index (χ1v) is 5.15. The van der Waals surface area contributed by atoms with Gasteiger partial charge in [-0.05, 0) is 34.6 Å². The first-order chi connectivity index (χ1) is 7.43. The number of rotatable bonds is 0. The van der Waals surface area contributed by atoms with Gasteiger partial charge in [0.25, 0.3) is 0 Å². The van der Waals surface area contributed by atoms with Crippen molar-refractivity contribution in [2.45, 2.75) is 34.6 Å². The van der Waals surface area contributed by atoms with Gasteiger partial charge in [0, 0.05) is 12.6 Å². The van der Waals surface area contributed by atoms with Crippen LogP contribution in [0.15, 0.2) is 4.52 Å². The molecule has 0 bridgehead atoms. The van der Waals surface area contributed by atoms with E-state index in [9.17, 15) is 0 Å². The number of nitrogens with zero attached hydrogens (tertiary/aromatic N) is 4. The highest BCUT2D eigenvalue weighted by molar-refractivity contribution is 5.17. The van der Waals surface area contributed by atoms with Crippen LogP contribution in [0.5, 0.6) is 0 Å². The highest BCUT2D eigenvalue weighted by atomic mass is 16.5. The molecule has 0 spiro atoms. The van der Waals surface area contributed by atoms with Gasteiger partial charge < -0.3 is 4.52 Å². The molecule has 0 fully saturated rings. The predicted molar refractivity (Wildman–Crippen MR) is 61.2 cm³/mol. The summed E-state index contributed by atoms with van der Waals surface area (Å²) in [4.78, 5) is 0. The summed E-state index contributed by atoms with van der Waals surface area (Å²) in [6, 6.07) is 0. The fourth-order valence-corrected chi connectivity index (χ4v) is 1.04. The Morgan fingerprint density at radius 1 is 1.00 bits per heavy atom. The molecule has 5 heteroatoms. The third-order valence-corrected chi connectivity index (χ3v) is 2.73. The summed E-state index contributed by atoms with van der Waals surface area (Å²) in [6.45, 7) is 9.79. The largest absolute Gasteiger partial charge is 0.361 e. The Balaban J connectivity index is 0.000000160. The molecule has 0 amide bonds. The van der Waals surface area contributed by atoms with E-state index in [1.807, 2.05) is 41.7 Å². The number of aromatic nitrogens is 4. The van der Waals surface area contributed by atoms with E-state index in [-0.39, 0.29) is 0 Å². The lowest BCUT2D eigenvalue weighted by Crippen LogP contribution is -1.92. The molecule has 2 aromatic heterocycles. The minimum absolute atomic E-state index is 0.919. The minimum Gasteiger partial charge on any atom is -0.361 e. The lowest BCUT2D eigenvalue weighted by molar-refractivity contribution is 0.392. The molecule has 0 aromatic carbocycles. The molecule has 0 aliphatic carbocycles. The summed E-state index contributed by atoms with van der Waals surface area (Å²) in [5.74, 6) is 0.919. The van der Waals surface area contributed by atoms with Crippen LogP contribution in [0.3, 0.4) is 0 Å². The summed E-state index contributed by atoms with van der Waals surface area (Å²) in [5.41, 5.74) is 4.28. The van der Waals surface area contributed by atoms with Crippen LogP contribution in [0, 0.1) is 34.6 Å². The topological polar surface area (TPSA) is 56.7 Å². The minimum atomic E-state index is 0.919. The van der Waals surface area contributed by atoms with Crippen molar-refractivity contribution in [1.29, 1.82) is 0 Å². The van der Waals surface area contributed by atoms with Crippen molar-refractivity contribution < 1.29 is 4.52 Å². The van der Waals surface area contributed by atoms with Gasteiger partial charge in [-0.15, -0.1) is 5.10 Å². The second-order valence-corrected chi connectivity index (χ2v) is 3.83. The lowest BCUT2D eigenvalue weighted by Gasteiger charge is -1.87. The van der Waals surface area contributed by atoms with Crippen LogP contribution in [0.2, 0.25) is 0 Å². The van der Waals surface area contributed by atoms with E-state index < -0.39 is 0 Å². The molecule has 16 heavy (non-hydrogen) atoms. The second kappa shape index (κ2) is 4.92. The molecule has 0 saturated carbocycles. The van der Waals surface area contributed by atoms with Crippen molar-refractivity contribution in [3.8, 4) is 0 Å². The van der Waals surface area contributed by atoms with Crippen molar-refractivity contribution in [3.63, 3.8) is 0 Å². The predicted octanol–water partition coefficient (Wildman–Crippen LogP) is 2.03. The monoisotopic (exact) mass is 222 g/mol. The highest BCUT2D eigenvalue weighted by Crippen LogP contribution is 2.08. The van der Waals surface area contributed by atoms with E-state index in [2.05, 4.69) is 15.5 Å². The van der Waals surface area contributed by atoms with Crippen molar-refractivity contribution in [2.75, 3.05) is 0 Å². The van der Waals surface area contributed by atoms with Crippen LogP contribution in [0.25, 0.3) is 0 Å². The van der Waals surface area contributed by atoms with Gasteiger partial charge in [0.15, 0.2) is 0 Å². The van der Waals surface area contributed by atoms with Crippen LogP contribution in [0.4, 0.5) is 0 Å². The molecule has 2 heterocycles. The Bertz CT molecular complexity index is 387.